The molecule has 22 heavy (non-hydrogen) atoms. The number of hydrogen-bond acceptors (Lipinski definition) is 2. The van der Waals surface area contributed by atoms with Crippen LogP contribution in [0.3, 0.4) is 0 Å². The van der Waals surface area contributed by atoms with Crippen molar-refractivity contribution in [3.63, 3.8) is 0 Å². The molecule has 0 atom stereocenters. The molecule has 0 fully saturated rings. The van der Waals surface area contributed by atoms with E-state index < -0.39 is 0 Å². The van der Waals surface area contributed by atoms with E-state index in [0.29, 0.717) is 23.4 Å². The largest absolute Gasteiger partial charge is 0.351 e. The Morgan fingerprint density at radius 1 is 1.14 bits per heavy atom. The molecule has 2 heterocycles. The first-order valence-corrected chi connectivity index (χ1v) is 7.86. The summed E-state index contributed by atoms with van der Waals surface area (Å²) in [6.07, 6.45) is 4.28. The van der Waals surface area contributed by atoms with Gasteiger partial charge in [0.25, 0.3) is 5.91 Å². The standard InChI is InChI=1S/C17H15FN2OS/c18-14-6-2-1-5-13(14)7-9-19-17(21)16-15(8-12-22-16)20-10-3-4-11-20/h1-6,8,10-12H,7,9H2,(H,19,21). The van der Waals surface area contributed by atoms with Gasteiger partial charge < -0.3 is 9.88 Å². The lowest BCUT2D eigenvalue weighted by molar-refractivity contribution is 0.0958. The Morgan fingerprint density at radius 3 is 2.68 bits per heavy atom. The maximum atomic E-state index is 13.5. The summed E-state index contributed by atoms with van der Waals surface area (Å²) in [5.74, 6) is -0.365. The minimum absolute atomic E-state index is 0.130. The average molecular weight is 314 g/mol. The van der Waals surface area contributed by atoms with Gasteiger partial charge >= 0.3 is 0 Å². The number of carbonyl (C=O) groups excluding carboxylic acids is 1. The van der Waals surface area contributed by atoms with Crippen LogP contribution < -0.4 is 5.32 Å². The van der Waals surface area contributed by atoms with Crippen molar-refractivity contribution in [3.8, 4) is 5.69 Å². The molecule has 0 bridgehead atoms. The van der Waals surface area contributed by atoms with Crippen molar-refractivity contribution in [2.45, 2.75) is 6.42 Å². The van der Waals surface area contributed by atoms with E-state index in [9.17, 15) is 9.18 Å². The fourth-order valence-corrected chi connectivity index (χ4v) is 3.07. The Labute approximate surface area is 132 Å². The molecule has 0 saturated heterocycles. The summed E-state index contributed by atoms with van der Waals surface area (Å²) in [7, 11) is 0. The first-order chi connectivity index (χ1) is 10.8. The van der Waals surface area contributed by atoms with E-state index >= 15 is 0 Å². The Bertz CT molecular complexity index is 765. The topological polar surface area (TPSA) is 34.0 Å². The lowest BCUT2D eigenvalue weighted by atomic mass is 10.1. The van der Waals surface area contributed by atoms with Crippen molar-refractivity contribution in [1.82, 2.24) is 9.88 Å². The monoisotopic (exact) mass is 314 g/mol. The van der Waals surface area contributed by atoms with Crippen LogP contribution in [0.15, 0.2) is 60.2 Å². The van der Waals surface area contributed by atoms with Crippen LogP contribution in [0.5, 0.6) is 0 Å². The number of nitrogens with one attached hydrogen (secondary N) is 1. The number of aromatic nitrogens is 1. The lowest BCUT2D eigenvalue weighted by Crippen LogP contribution is -2.26. The highest BCUT2D eigenvalue weighted by atomic mass is 32.1. The molecule has 112 valence electrons. The summed E-state index contributed by atoms with van der Waals surface area (Å²) in [4.78, 5) is 12.9. The first kappa shape index (κ1) is 14.5. The summed E-state index contributed by atoms with van der Waals surface area (Å²) < 4.78 is 15.4. The van der Waals surface area contributed by atoms with Crippen molar-refractivity contribution in [1.29, 1.82) is 0 Å². The highest BCUT2D eigenvalue weighted by Gasteiger charge is 2.13. The first-order valence-electron chi connectivity index (χ1n) is 6.98. The minimum Gasteiger partial charge on any atom is -0.351 e. The fraction of sp³-hybridized carbons (Fsp3) is 0.118. The Morgan fingerprint density at radius 2 is 1.91 bits per heavy atom. The molecule has 1 N–H and O–H groups in total. The number of nitrogens with zero attached hydrogens (tertiary/aromatic N) is 1. The highest BCUT2D eigenvalue weighted by molar-refractivity contribution is 7.12. The lowest BCUT2D eigenvalue weighted by Gasteiger charge is -2.07. The van der Waals surface area contributed by atoms with E-state index in [-0.39, 0.29) is 11.7 Å². The van der Waals surface area contributed by atoms with Gasteiger partial charge in [0.2, 0.25) is 0 Å². The molecule has 1 aromatic carbocycles. The number of benzene rings is 1. The molecule has 2 aromatic heterocycles. The third kappa shape index (κ3) is 3.09. The van der Waals surface area contributed by atoms with Crippen molar-refractivity contribution >= 4 is 17.2 Å². The van der Waals surface area contributed by atoms with E-state index in [1.165, 1.54) is 17.4 Å². The number of halogens is 1. The molecule has 3 aromatic rings. The number of amides is 1. The van der Waals surface area contributed by atoms with Crippen LogP contribution in [0, 0.1) is 5.82 Å². The van der Waals surface area contributed by atoms with Gasteiger partial charge in [0, 0.05) is 18.9 Å². The number of thiophene rings is 1. The normalized spacial score (nSPS) is 10.6. The Balaban J connectivity index is 1.64. The highest BCUT2D eigenvalue weighted by Crippen LogP contribution is 2.21. The van der Waals surface area contributed by atoms with Crippen LogP contribution >= 0.6 is 11.3 Å². The van der Waals surface area contributed by atoms with Crippen molar-refractivity contribution in [3.05, 3.63) is 76.5 Å². The van der Waals surface area contributed by atoms with Crippen molar-refractivity contribution < 1.29 is 9.18 Å². The third-order valence-electron chi connectivity index (χ3n) is 3.37. The molecule has 5 heteroatoms. The van der Waals surface area contributed by atoms with Crippen LogP contribution in [0.25, 0.3) is 5.69 Å². The molecule has 0 aliphatic carbocycles. The summed E-state index contributed by atoms with van der Waals surface area (Å²) in [5, 5.41) is 4.74. The third-order valence-corrected chi connectivity index (χ3v) is 4.27. The van der Waals surface area contributed by atoms with E-state index in [0.717, 1.165) is 5.69 Å². The van der Waals surface area contributed by atoms with Crippen LogP contribution in [0.2, 0.25) is 0 Å². The van der Waals surface area contributed by atoms with Gasteiger partial charge in [0.05, 0.1) is 5.69 Å². The SMILES string of the molecule is O=C(NCCc1ccccc1F)c1sccc1-n1cccc1. The van der Waals surface area contributed by atoms with E-state index in [1.807, 2.05) is 40.5 Å². The van der Waals surface area contributed by atoms with Crippen LogP contribution in [0.1, 0.15) is 15.2 Å². The summed E-state index contributed by atoms with van der Waals surface area (Å²) in [5.41, 5.74) is 1.47. The van der Waals surface area contributed by atoms with Crippen LogP contribution in [-0.2, 0) is 6.42 Å². The number of rotatable bonds is 5. The molecule has 3 nitrogen and oxygen atoms in total. The molecule has 1 amide bonds. The molecule has 3 rings (SSSR count). The molecule has 0 unspecified atom stereocenters. The second-order valence-electron chi connectivity index (χ2n) is 4.82. The zero-order valence-electron chi connectivity index (χ0n) is 11.8. The maximum Gasteiger partial charge on any atom is 0.263 e. The van der Waals surface area contributed by atoms with Gasteiger partial charge in [-0.3, -0.25) is 4.79 Å². The zero-order valence-corrected chi connectivity index (χ0v) is 12.6. The zero-order chi connectivity index (χ0) is 15.4. The average Bonchev–Trinajstić information content (AvgIpc) is 3.19. The molecular formula is C17H15FN2OS. The van der Waals surface area contributed by atoms with Crippen molar-refractivity contribution in [2.24, 2.45) is 0 Å². The Hall–Kier alpha value is -2.40. The van der Waals surface area contributed by atoms with Gasteiger partial charge in [0.15, 0.2) is 0 Å². The molecule has 0 aliphatic heterocycles. The van der Waals surface area contributed by atoms with Crippen LogP contribution in [-0.4, -0.2) is 17.0 Å². The quantitative estimate of drug-likeness (QED) is 0.766. The van der Waals surface area contributed by atoms with E-state index in [4.69, 9.17) is 0 Å². The number of carbonyl (C=O) groups is 1. The second kappa shape index (κ2) is 6.58. The van der Waals surface area contributed by atoms with Gasteiger partial charge in [-0.25, -0.2) is 4.39 Å². The molecule has 0 saturated carbocycles. The molecule has 0 aliphatic rings. The van der Waals surface area contributed by atoms with E-state index in [1.54, 1.807) is 18.2 Å². The summed E-state index contributed by atoms with van der Waals surface area (Å²) in [6, 6.07) is 12.4. The molecule has 0 radical (unpaired) electrons. The minimum atomic E-state index is -0.235. The van der Waals surface area contributed by atoms with Gasteiger partial charge in [0.1, 0.15) is 10.7 Å². The van der Waals surface area contributed by atoms with Crippen LogP contribution in [0.4, 0.5) is 4.39 Å². The molecular weight excluding hydrogens is 299 g/mol. The summed E-state index contributed by atoms with van der Waals surface area (Å²) >= 11 is 1.40. The fourth-order valence-electron chi connectivity index (χ4n) is 2.26. The predicted octanol–water partition coefficient (Wildman–Crippen LogP) is 3.65. The maximum absolute atomic E-state index is 13.5. The van der Waals surface area contributed by atoms with E-state index in [2.05, 4.69) is 5.32 Å². The van der Waals surface area contributed by atoms with Crippen molar-refractivity contribution in [2.75, 3.05) is 6.54 Å². The number of hydrogen-bond donors (Lipinski definition) is 1. The second-order valence-corrected chi connectivity index (χ2v) is 5.74. The van der Waals surface area contributed by atoms with Gasteiger partial charge in [-0.05, 0) is 41.6 Å². The van der Waals surface area contributed by atoms with Gasteiger partial charge in [-0.1, -0.05) is 18.2 Å². The Kier molecular flexibility index (Phi) is 4.34. The predicted molar refractivity (Wildman–Crippen MR) is 86.1 cm³/mol. The smallest absolute Gasteiger partial charge is 0.263 e. The van der Waals surface area contributed by atoms with Gasteiger partial charge in [-0.15, -0.1) is 11.3 Å². The summed E-state index contributed by atoms with van der Waals surface area (Å²) in [6.45, 7) is 0.406. The van der Waals surface area contributed by atoms with Gasteiger partial charge in [-0.2, -0.15) is 0 Å². The molecule has 0 spiro atoms.